The van der Waals surface area contributed by atoms with Crippen LogP contribution in [-0.4, -0.2) is 5.78 Å². The molecule has 1 fully saturated rings. The van der Waals surface area contributed by atoms with E-state index in [0.717, 1.165) is 37.7 Å². The molecule has 0 aromatic heterocycles. The van der Waals surface area contributed by atoms with E-state index in [-0.39, 0.29) is 5.41 Å². The van der Waals surface area contributed by atoms with Crippen LogP contribution in [0.3, 0.4) is 0 Å². The first kappa shape index (κ1) is 15.3. The molecule has 1 aliphatic carbocycles. The third-order valence-corrected chi connectivity index (χ3v) is 4.57. The summed E-state index contributed by atoms with van der Waals surface area (Å²) in [5.74, 6) is 0.998. The van der Waals surface area contributed by atoms with Gasteiger partial charge in [0.15, 0.2) is 5.78 Å². The van der Waals surface area contributed by atoms with Gasteiger partial charge in [-0.2, -0.15) is 0 Å². The van der Waals surface area contributed by atoms with E-state index in [1.54, 1.807) is 0 Å². The Bertz CT molecular complexity index is 453. The van der Waals surface area contributed by atoms with Gasteiger partial charge in [0, 0.05) is 11.0 Å². The van der Waals surface area contributed by atoms with Gasteiger partial charge in [-0.25, -0.2) is 0 Å². The summed E-state index contributed by atoms with van der Waals surface area (Å²) in [6.45, 7) is 6.66. The van der Waals surface area contributed by atoms with E-state index in [1.165, 1.54) is 18.4 Å². The molecule has 1 aliphatic rings. The van der Waals surface area contributed by atoms with Crippen molar-refractivity contribution < 1.29 is 4.79 Å². The lowest BCUT2D eigenvalue weighted by molar-refractivity contribution is 0.0760. The van der Waals surface area contributed by atoms with E-state index in [0.29, 0.717) is 11.7 Å². The quantitative estimate of drug-likeness (QED) is 0.631. The summed E-state index contributed by atoms with van der Waals surface area (Å²) in [7, 11) is 0. The first-order chi connectivity index (χ1) is 9.57. The number of carbonyl (C=O) groups is 1. The van der Waals surface area contributed by atoms with Crippen LogP contribution in [0, 0.1) is 11.3 Å². The number of benzene rings is 1. The predicted molar refractivity (Wildman–Crippen MR) is 85.1 cm³/mol. The zero-order valence-corrected chi connectivity index (χ0v) is 13.2. The molecule has 0 atom stereocenters. The molecule has 0 heterocycles. The summed E-state index contributed by atoms with van der Waals surface area (Å²) in [5.41, 5.74) is 2.17. The van der Waals surface area contributed by atoms with Gasteiger partial charge in [-0.1, -0.05) is 58.2 Å². The van der Waals surface area contributed by atoms with Crippen molar-refractivity contribution in [3.63, 3.8) is 0 Å². The molecule has 1 aromatic rings. The second-order valence-corrected chi connectivity index (χ2v) is 6.86. The maximum atomic E-state index is 13.1. The summed E-state index contributed by atoms with van der Waals surface area (Å²) in [4.78, 5) is 13.1. The van der Waals surface area contributed by atoms with Crippen LogP contribution in [0.25, 0.3) is 0 Å². The normalized spacial score (nSPS) is 17.6. The Balaban J connectivity index is 2.25. The molecule has 0 spiro atoms. The Morgan fingerprint density at radius 2 is 1.95 bits per heavy atom. The fourth-order valence-electron chi connectivity index (χ4n) is 3.82. The Labute approximate surface area is 123 Å². The molecule has 0 amide bonds. The Morgan fingerprint density at radius 3 is 2.55 bits per heavy atom. The molecular weight excluding hydrogens is 244 g/mol. The molecule has 110 valence electrons. The maximum absolute atomic E-state index is 13.1. The van der Waals surface area contributed by atoms with Gasteiger partial charge in [0.05, 0.1) is 0 Å². The molecule has 0 saturated heterocycles. The summed E-state index contributed by atoms with van der Waals surface area (Å²) in [5, 5.41) is 0. The van der Waals surface area contributed by atoms with Gasteiger partial charge >= 0.3 is 0 Å². The second kappa shape index (κ2) is 6.56. The molecule has 0 bridgehead atoms. The topological polar surface area (TPSA) is 17.1 Å². The summed E-state index contributed by atoms with van der Waals surface area (Å²) in [6.07, 6.45) is 7.85. The van der Waals surface area contributed by atoms with Crippen molar-refractivity contribution in [1.29, 1.82) is 0 Å². The van der Waals surface area contributed by atoms with Gasteiger partial charge in [0.25, 0.3) is 0 Å². The minimum absolute atomic E-state index is 0.0704. The summed E-state index contributed by atoms with van der Waals surface area (Å²) >= 11 is 0. The van der Waals surface area contributed by atoms with Crippen LogP contribution in [0.2, 0.25) is 0 Å². The number of ketones is 1. The molecule has 1 aromatic carbocycles. The van der Waals surface area contributed by atoms with Gasteiger partial charge < -0.3 is 0 Å². The Hall–Kier alpha value is -1.11. The van der Waals surface area contributed by atoms with Crippen LogP contribution in [0.15, 0.2) is 24.3 Å². The molecule has 0 radical (unpaired) electrons. The number of hydrogen-bond acceptors (Lipinski definition) is 1. The third kappa shape index (κ3) is 3.31. The third-order valence-electron chi connectivity index (χ3n) is 4.57. The van der Waals surface area contributed by atoms with Crippen LogP contribution < -0.4 is 0 Å². The van der Waals surface area contributed by atoms with E-state index >= 15 is 0 Å². The summed E-state index contributed by atoms with van der Waals surface area (Å²) < 4.78 is 0. The lowest BCUT2D eigenvalue weighted by Gasteiger charge is -2.29. The van der Waals surface area contributed by atoms with E-state index in [9.17, 15) is 4.79 Å². The van der Waals surface area contributed by atoms with Crippen LogP contribution in [0.5, 0.6) is 0 Å². The van der Waals surface area contributed by atoms with Gasteiger partial charge in [0.2, 0.25) is 0 Å². The number of carbonyl (C=O) groups excluding carboxylic acids is 1. The first-order valence-electron chi connectivity index (χ1n) is 8.21. The van der Waals surface area contributed by atoms with Crippen molar-refractivity contribution in [3.05, 3.63) is 35.4 Å². The largest absolute Gasteiger partial charge is 0.294 e. The van der Waals surface area contributed by atoms with Gasteiger partial charge in [-0.15, -0.1) is 0 Å². The SMILES string of the molecule is CCCc1cccc(C(=O)C2(CC(C)C)CCCC2)c1. The van der Waals surface area contributed by atoms with E-state index in [2.05, 4.69) is 39.0 Å². The predicted octanol–water partition coefficient (Wildman–Crippen LogP) is 5.43. The summed E-state index contributed by atoms with van der Waals surface area (Å²) in [6, 6.07) is 8.34. The van der Waals surface area contributed by atoms with Crippen LogP contribution in [0.1, 0.15) is 75.2 Å². The van der Waals surface area contributed by atoms with Crippen molar-refractivity contribution in [2.75, 3.05) is 0 Å². The lowest BCUT2D eigenvalue weighted by Crippen LogP contribution is -2.30. The van der Waals surface area contributed by atoms with Crippen molar-refractivity contribution >= 4 is 5.78 Å². The highest BCUT2D eigenvalue weighted by atomic mass is 16.1. The second-order valence-electron chi connectivity index (χ2n) is 6.86. The highest BCUT2D eigenvalue weighted by Crippen LogP contribution is 2.45. The Morgan fingerprint density at radius 1 is 1.25 bits per heavy atom. The molecule has 0 aliphatic heterocycles. The van der Waals surface area contributed by atoms with Crippen molar-refractivity contribution in [3.8, 4) is 0 Å². The number of hydrogen-bond donors (Lipinski definition) is 0. The standard InChI is InChI=1S/C19H28O/c1-4-8-16-9-7-10-17(13-16)18(20)19(14-15(2)3)11-5-6-12-19/h7,9-10,13,15H,4-6,8,11-12,14H2,1-3H3. The van der Waals surface area contributed by atoms with Gasteiger partial charge in [-0.3, -0.25) is 4.79 Å². The zero-order chi connectivity index (χ0) is 14.6. The monoisotopic (exact) mass is 272 g/mol. The van der Waals surface area contributed by atoms with Crippen molar-refractivity contribution in [2.45, 2.75) is 65.7 Å². The number of aryl methyl sites for hydroxylation is 1. The van der Waals surface area contributed by atoms with Crippen LogP contribution >= 0.6 is 0 Å². The zero-order valence-electron chi connectivity index (χ0n) is 13.2. The molecule has 2 rings (SSSR count). The fraction of sp³-hybridized carbons (Fsp3) is 0.632. The highest BCUT2D eigenvalue weighted by Gasteiger charge is 2.41. The van der Waals surface area contributed by atoms with Gasteiger partial charge in [-0.05, 0) is 43.2 Å². The van der Waals surface area contributed by atoms with Crippen LogP contribution in [0.4, 0.5) is 0 Å². The molecule has 0 unspecified atom stereocenters. The molecule has 1 saturated carbocycles. The average molecular weight is 272 g/mol. The lowest BCUT2D eigenvalue weighted by atomic mass is 9.73. The smallest absolute Gasteiger partial charge is 0.169 e. The van der Waals surface area contributed by atoms with E-state index < -0.39 is 0 Å². The average Bonchev–Trinajstić information content (AvgIpc) is 2.87. The number of rotatable bonds is 6. The van der Waals surface area contributed by atoms with E-state index in [4.69, 9.17) is 0 Å². The van der Waals surface area contributed by atoms with E-state index in [1.807, 2.05) is 6.07 Å². The minimum atomic E-state index is -0.0704. The van der Waals surface area contributed by atoms with Crippen molar-refractivity contribution in [2.24, 2.45) is 11.3 Å². The molecule has 20 heavy (non-hydrogen) atoms. The maximum Gasteiger partial charge on any atom is 0.169 e. The highest BCUT2D eigenvalue weighted by molar-refractivity contribution is 6.00. The van der Waals surface area contributed by atoms with Crippen LogP contribution in [-0.2, 0) is 6.42 Å². The first-order valence-corrected chi connectivity index (χ1v) is 8.21. The minimum Gasteiger partial charge on any atom is -0.294 e. The Kier molecular flexibility index (Phi) is 5.01. The number of Topliss-reactive ketones (excluding diaryl/α,β-unsaturated/α-hetero) is 1. The molecular formula is C19H28O. The van der Waals surface area contributed by atoms with Crippen molar-refractivity contribution in [1.82, 2.24) is 0 Å². The van der Waals surface area contributed by atoms with Gasteiger partial charge in [0.1, 0.15) is 0 Å². The molecule has 0 N–H and O–H groups in total. The molecule has 1 heteroatoms. The molecule has 1 nitrogen and oxygen atoms in total. The fourth-order valence-corrected chi connectivity index (χ4v) is 3.82.